The van der Waals surface area contributed by atoms with Crippen LogP contribution in [0.4, 0.5) is 0 Å². The Hall–Kier alpha value is -0.580. The van der Waals surface area contributed by atoms with Crippen molar-refractivity contribution in [1.82, 2.24) is 10.6 Å². The lowest BCUT2D eigenvalue weighted by atomic mass is 9.83. The van der Waals surface area contributed by atoms with Crippen molar-refractivity contribution < 1.29 is 4.79 Å². The third-order valence-electron chi connectivity index (χ3n) is 3.75. The van der Waals surface area contributed by atoms with Crippen molar-refractivity contribution in [3.8, 4) is 0 Å². The second-order valence-corrected chi connectivity index (χ2v) is 6.57. The van der Waals surface area contributed by atoms with Gasteiger partial charge >= 0.3 is 0 Å². The first kappa shape index (κ1) is 17.5. The molecule has 2 rings (SSSR count). The highest BCUT2D eigenvalue weighted by Crippen LogP contribution is 2.26. The van der Waals surface area contributed by atoms with Gasteiger partial charge in [-0.3, -0.25) is 4.79 Å². The van der Waals surface area contributed by atoms with E-state index in [0.29, 0.717) is 0 Å². The van der Waals surface area contributed by atoms with Crippen molar-refractivity contribution in [3.05, 3.63) is 34.3 Å². The van der Waals surface area contributed by atoms with E-state index in [4.69, 9.17) is 0 Å². The fourth-order valence-corrected chi connectivity index (χ4v) is 2.75. The van der Waals surface area contributed by atoms with E-state index in [2.05, 4.69) is 26.6 Å². The molecular formula is C15H22BrClN2O. The van der Waals surface area contributed by atoms with E-state index < -0.39 is 5.41 Å². The van der Waals surface area contributed by atoms with Gasteiger partial charge in [0.2, 0.25) is 5.91 Å². The van der Waals surface area contributed by atoms with Crippen LogP contribution in [-0.4, -0.2) is 25.0 Å². The van der Waals surface area contributed by atoms with Gasteiger partial charge in [0.25, 0.3) is 0 Å². The van der Waals surface area contributed by atoms with Gasteiger partial charge in [0.1, 0.15) is 0 Å². The van der Waals surface area contributed by atoms with Gasteiger partial charge in [-0.05, 0) is 50.9 Å². The predicted octanol–water partition coefficient (Wildman–Crippen LogP) is 3.02. The molecule has 1 heterocycles. The second-order valence-electron chi connectivity index (χ2n) is 5.65. The molecule has 1 amide bonds. The molecule has 0 spiro atoms. The summed E-state index contributed by atoms with van der Waals surface area (Å²) < 4.78 is 1.00. The smallest absolute Gasteiger partial charge is 0.230 e. The van der Waals surface area contributed by atoms with Crippen LogP contribution in [0.1, 0.15) is 32.3 Å². The van der Waals surface area contributed by atoms with Crippen LogP contribution in [0.2, 0.25) is 0 Å². The van der Waals surface area contributed by atoms with Gasteiger partial charge in [0.05, 0.1) is 5.41 Å². The van der Waals surface area contributed by atoms with Gasteiger partial charge in [0.15, 0.2) is 0 Å². The van der Waals surface area contributed by atoms with E-state index >= 15 is 0 Å². The normalized spacial score (nSPS) is 19.1. The monoisotopic (exact) mass is 360 g/mol. The van der Waals surface area contributed by atoms with Crippen LogP contribution in [0.25, 0.3) is 0 Å². The Morgan fingerprint density at radius 2 is 2.20 bits per heavy atom. The maximum absolute atomic E-state index is 12.5. The molecule has 1 aliphatic heterocycles. The first-order valence-electron chi connectivity index (χ1n) is 6.78. The molecule has 0 aliphatic carbocycles. The number of hydrogen-bond acceptors (Lipinski definition) is 2. The minimum atomic E-state index is -0.513. The molecule has 3 nitrogen and oxygen atoms in total. The van der Waals surface area contributed by atoms with Crippen molar-refractivity contribution >= 4 is 34.2 Å². The fourth-order valence-electron chi connectivity index (χ4n) is 2.35. The van der Waals surface area contributed by atoms with E-state index in [1.54, 1.807) is 0 Å². The molecule has 112 valence electrons. The summed E-state index contributed by atoms with van der Waals surface area (Å²) in [4.78, 5) is 12.5. The van der Waals surface area contributed by atoms with Gasteiger partial charge in [-0.2, -0.15) is 0 Å². The number of amides is 1. The Kier molecular flexibility index (Phi) is 6.49. The number of hydrogen-bond donors (Lipinski definition) is 2. The zero-order valence-corrected chi connectivity index (χ0v) is 14.3. The quantitative estimate of drug-likeness (QED) is 0.869. The molecule has 1 saturated heterocycles. The Morgan fingerprint density at radius 3 is 2.80 bits per heavy atom. The third kappa shape index (κ3) is 4.21. The standard InChI is InChI=1S/C15H21BrN2O.ClH/c1-15(2,11-5-3-6-12(16)9-11)14(19)18-13-7-4-8-17-10-13;/h3,5-6,9,13,17H,4,7-8,10H2,1-2H3,(H,18,19);1H/t13-;/m0./s1. The Balaban J connectivity index is 0.00000200. The highest BCUT2D eigenvalue weighted by atomic mass is 79.9. The number of carbonyl (C=O) groups excluding carboxylic acids is 1. The highest BCUT2D eigenvalue weighted by molar-refractivity contribution is 9.10. The fraction of sp³-hybridized carbons (Fsp3) is 0.533. The average molecular weight is 362 g/mol. The lowest BCUT2D eigenvalue weighted by Gasteiger charge is -2.30. The molecule has 20 heavy (non-hydrogen) atoms. The summed E-state index contributed by atoms with van der Waals surface area (Å²) in [5, 5.41) is 6.48. The lowest BCUT2D eigenvalue weighted by Crippen LogP contribution is -2.50. The summed E-state index contributed by atoms with van der Waals surface area (Å²) in [7, 11) is 0. The van der Waals surface area contributed by atoms with E-state index in [9.17, 15) is 4.79 Å². The van der Waals surface area contributed by atoms with Crippen molar-refractivity contribution in [2.24, 2.45) is 0 Å². The first-order valence-corrected chi connectivity index (χ1v) is 7.57. The average Bonchev–Trinajstić information content (AvgIpc) is 2.40. The Morgan fingerprint density at radius 1 is 1.45 bits per heavy atom. The molecule has 0 unspecified atom stereocenters. The first-order chi connectivity index (χ1) is 9.00. The van der Waals surface area contributed by atoms with E-state index in [0.717, 1.165) is 36.0 Å². The molecule has 0 bridgehead atoms. The molecule has 0 radical (unpaired) electrons. The molecule has 2 N–H and O–H groups in total. The summed E-state index contributed by atoms with van der Waals surface area (Å²) in [6.45, 7) is 5.88. The molecule has 0 aromatic heterocycles. The van der Waals surface area contributed by atoms with Gasteiger partial charge in [0, 0.05) is 17.1 Å². The van der Waals surface area contributed by atoms with Gasteiger partial charge in [-0.15, -0.1) is 12.4 Å². The Bertz CT molecular complexity index is 459. The Labute approximate surface area is 135 Å². The van der Waals surface area contributed by atoms with Crippen molar-refractivity contribution in [2.75, 3.05) is 13.1 Å². The van der Waals surface area contributed by atoms with E-state index in [1.807, 2.05) is 38.1 Å². The minimum Gasteiger partial charge on any atom is -0.351 e. The van der Waals surface area contributed by atoms with Crippen LogP contribution in [0, 0.1) is 0 Å². The van der Waals surface area contributed by atoms with Gasteiger partial charge in [-0.1, -0.05) is 28.1 Å². The van der Waals surface area contributed by atoms with Crippen LogP contribution in [0.15, 0.2) is 28.7 Å². The molecule has 5 heteroatoms. The number of carbonyl (C=O) groups is 1. The number of rotatable bonds is 3. The molecule has 1 aromatic rings. The zero-order valence-electron chi connectivity index (χ0n) is 11.9. The van der Waals surface area contributed by atoms with Crippen LogP contribution in [0.3, 0.4) is 0 Å². The molecule has 1 fully saturated rings. The number of halogens is 2. The minimum absolute atomic E-state index is 0. The maximum atomic E-state index is 12.5. The van der Waals surface area contributed by atoms with Gasteiger partial charge in [-0.25, -0.2) is 0 Å². The lowest BCUT2D eigenvalue weighted by molar-refractivity contribution is -0.126. The van der Waals surface area contributed by atoms with Crippen molar-refractivity contribution in [2.45, 2.75) is 38.1 Å². The van der Waals surface area contributed by atoms with Crippen LogP contribution in [-0.2, 0) is 10.2 Å². The van der Waals surface area contributed by atoms with Crippen molar-refractivity contribution in [3.63, 3.8) is 0 Å². The summed E-state index contributed by atoms with van der Waals surface area (Å²) in [5.41, 5.74) is 0.518. The zero-order chi connectivity index (χ0) is 13.9. The maximum Gasteiger partial charge on any atom is 0.230 e. The third-order valence-corrected chi connectivity index (χ3v) is 4.24. The second kappa shape index (κ2) is 7.43. The number of nitrogens with one attached hydrogen (secondary N) is 2. The molecule has 1 aromatic carbocycles. The van der Waals surface area contributed by atoms with Gasteiger partial charge < -0.3 is 10.6 Å². The predicted molar refractivity (Wildman–Crippen MR) is 88.5 cm³/mol. The molecule has 0 saturated carbocycles. The molecule has 1 atom stereocenters. The summed E-state index contributed by atoms with van der Waals surface area (Å²) in [6, 6.07) is 8.22. The van der Waals surface area contributed by atoms with E-state index in [-0.39, 0.29) is 24.4 Å². The van der Waals surface area contributed by atoms with Crippen molar-refractivity contribution in [1.29, 1.82) is 0 Å². The summed E-state index contributed by atoms with van der Waals surface area (Å²) in [6.07, 6.45) is 2.19. The van der Waals surface area contributed by atoms with Crippen LogP contribution < -0.4 is 10.6 Å². The highest BCUT2D eigenvalue weighted by Gasteiger charge is 2.31. The summed E-state index contributed by atoms with van der Waals surface area (Å²) in [5.74, 6) is 0.0966. The van der Waals surface area contributed by atoms with Crippen LogP contribution >= 0.6 is 28.3 Å². The largest absolute Gasteiger partial charge is 0.351 e. The molecular weight excluding hydrogens is 340 g/mol. The number of benzene rings is 1. The number of piperidine rings is 1. The topological polar surface area (TPSA) is 41.1 Å². The SMILES string of the molecule is CC(C)(C(=O)N[C@H]1CCCNC1)c1cccc(Br)c1.Cl. The molecule has 1 aliphatic rings. The van der Waals surface area contributed by atoms with Crippen LogP contribution in [0.5, 0.6) is 0 Å². The summed E-state index contributed by atoms with van der Waals surface area (Å²) >= 11 is 3.46. The van der Waals surface area contributed by atoms with E-state index in [1.165, 1.54) is 0 Å².